The molecule has 140 valence electrons. The molecule has 0 aliphatic heterocycles. The first-order valence-corrected chi connectivity index (χ1v) is 8.24. The molecule has 0 saturated heterocycles. The molecule has 2 amide bonds. The summed E-state index contributed by atoms with van der Waals surface area (Å²) in [4.78, 5) is 23.7. The van der Waals surface area contributed by atoms with Crippen molar-refractivity contribution in [2.45, 2.75) is 38.1 Å². The van der Waals surface area contributed by atoms with E-state index in [1.54, 1.807) is 0 Å². The Bertz CT molecular complexity index is 601. The third kappa shape index (κ3) is 6.25. The second-order valence-corrected chi connectivity index (χ2v) is 6.08. The molecule has 1 aromatic rings. The number of hydrogen-bond acceptors (Lipinski definition) is 3. The molecule has 0 heterocycles. The van der Waals surface area contributed by atoms with Crippen molar-refractivity contribution >= 4 is 24.2 Å². The molecule has 0 aromatic heterocycles. The van der Waals surface area contributed by atoms with Gasteiger partial charge in [0, 0.05) is 25.1 Å². The van der Waals surface area contributed by atoms with Crippen LogP contribution in [0, 0.1) is 17.6 Å². The van der Waals surface area contributed by atoms with E-state index in [1.807, 2.05) is 0 Å². The Morgan fingerprint density at radius 2 is 2.00 bits per heavy atom. The zero-order valence-electron chi connectivity index (χ0n) is 13.9. The van der Waals surface area contributed by atoms with Crippen molar-refractivity contribution in [1.29, 1.82) is 0 Å². The Labute approximate surface area is 152 Å². The van der Waals surface area contributed by atoms with Crippen LogP contribution in [0.25, 0.3) is 0 Å². The molecule has 1 aromatic carbocycles. The molecule has 0 radical (unpaired) electrons. The second kappa shape index (κ2) is 10.3. The molecule has 1 aliphatic carbocycles. The van der Waals surface area contributed by atoms with E-state index in [1.165, 1.54) is 0 Å². The number of carbonyl (C=O) groups excluding carboxylic acids is 2. The van der Waals surface area contributed by atoms with Crippen LogP contribution in [0.4, 0.5) is 8.78 Å². The van der Waals surface area contributed by atoms with Crippen LogP contribution in [0.2, 0.25) is 0 Å². The van der Waals surface area contributed by atoms with Crippen LogP contribution in [0.5, 0.6) is 0 Å². The first-order valence-electron chi connectivity index (χ1n) is 8.24. The average molecular weight is 376 g/mol. The largest absolute Gasteiger partial charge is 0.353 e. The van der Waals surface area contributed by atoms with Gasteiger partial charge in [0.1, 0.15) is 11.6 Å². The minimum absolute atomic E-state index is 0. The summed E-state index contributed by atoms with van der Waals surface area (Å²) < 4.78 is 26.3. The highest BCUT2D eigenvalue weighted by Gasteiger charge is 2.26. The fourth-order valence-electron chi connectivity index (χ4n) is 3.01. The van der Waals surface area contributed by atoms with Crippen LogP contribution in [0.15, 0.2) is 18.2 Å². The van der Waals surface area contributed by atoms with Gasteiger partial charge in [0.2, 0.25) is 5.91 Å². The molecule has 1 fully saturated rings. The summed E-state index contributed by atoms with van der Waals surface area (Å²) in [5.41, 5.74) is 5.47. The summed E-state index contributed by atoms with van der Waals surface area (Å²) in [6.45, 7) is 0.818. The molecular formula is C17H24ClF2N3O2. The zero-order valence-corrected chi connectivity index (χ0v) is 14.7. The summed E-state index contributed by atoms with van der Waals surface area (Å²) in [6.07, 6.45) is 3.79. The minimum atomic E-state index is -0.903. The predicted octanol–water partition coefficient (Wildman–Crippen LogP) is 2.14. The molecule has 2 unspecified atom stereocenters. The number of benzene rings is 1. The maximum atomic E-state index is 13.5. The maximum absolute atomic E-state index is 13.5. The van der Waals surface area contributed by atoms with E-state index >= 15 is 0 Å². The third-order valence-electron chi connectivity index (χ3n) is 4.35. The Morgan fingerprint density at radius 1 is 1.24 bits per heavy atom. The molecule has 4 N–H and O–H groups in total. The fraction of sp³-hybridized carbons (Fsp3) is 0.529. The SMILES string of the molecule is Cl.NCC1CCCC1NC(=O)CCCNC(=O)c1ccc(F)cc1F. The van der Waals surface area contributed by atoms with E-state index < -0.39 is 17.5 Å². The highest BCUT2D eigenvalue weighted by molar-refractivity contribution is 5.94. The summed E-state index contributed by atoms with van der Waals surface area (Å²) in [5, 5.41) is 5.51. The van der Waals surface area contributed by atoms with Crippen LogP contribution in [-0.4, -0.2) is 30.9 Å². The van der Waals surface area contributed by atoms with Crippen LogP contribution in [-0.2, 0) is 4.79 Å². The lowest BCUT2D eigenvalue weighted by Crippen LogP contribution is -2.40. The van der Waals surface area contributed by atoms with E-state index in [2.05, 4.69) is 10.6 Å². The number of amides is 2. The highest BCUT2D eigenvalue weighted by atomic mass is 35.5. The summed E-state index contributed by atoms with van der Waals surface area (Å²) in [7, 11) is 0. The molecule has 5 nitrogen and oxygen atoms in total. The smallest absolute Gasteiger partial charge is 0.254 e. The van der Waals surface area contributed by atoms with Gasteiger partial charge in [-0.05, 0) is 43.9 Å². The minimum Gasteiger partial charge on any atom is -0.353 e. The maximum Gasteiger partial charge on any atom is 0.254 e. The van der Waals surface area contributed by atoms with Crippen LogP contribution in [0.3, 0.4) is 0 Å². The van der Waals surface area contributed by atoms with Crippen molar-refractivity contribution in [3.05, 3.63) is 35.4 Å². The fourth-order valence-corrected chi connectivity index (χ4v) is 3.01. The van der Waals surface area contributed by atoms with E-state index in [9.17, 15) is 18.4 Å². The lowest BCUT2D eigenvalue weighted by molar-refractivity contribution is -0.122. The summed E-state index contributed by atoms with van der Waals surface area (Å²) in [5.74, 6) is -1.98. The molecule has 0 bridgehead atoms. The lowest BCUT2D eigenvalue weighted by atomic mass is 10.0. The Morgan fingerprint density at radius 3 is 2.68 bits per heavy atom. The molecule has 1 saturated carbocycles. The van der Waals surface area contributed by atoms with Gasteiger partial charge in [-0.2, -0.15) is 0 Å². The molecule has 2 rings (SSSR count). The second-order valence-electron chi connectivity index (χ2n) is 6.08. The third-order valence-corrected chi connectivity index (χ3v) is 4.35. The van der Waals surface area contributed by atoms with Crippen molar-refractivity contribution in [3.63, 3.8) is 0 Å². The molecule has 8 heteroatoms. The number of nitrogens with two attached hydrogens (primary N) is 1. The quantitative estimate of drug-likeness (QED) is 0.638. The molecule has 0 spiro atoms. The predicted molar refractivity (Wildman–Crippen MR) is 93.5 cm³/mol. The summed E-state index contributed by atoms with van der Waals surface area (Å²) >= 11 is 0. The topological polar surface area (TPSA) is 84.2 Å². The van der Waals surface area contributed by atoms with E-state index in [4.69, 9.17) is 5.73 Å². The van der Waals surface area contributed by atoms with Crippen molar-refractivity contribution in [2.75, 3.05) is 13.1 Å². The first kappa shape index (κ1) is 21.3. The Kier molecular flexibility index (Phi) is 8.78. The summed E-state index contributed by atoms with van der Waals surface area (Å²) in [6, 6.07) is 2.93. The van der Waals surface area contributed by atoms with Gasteiger partial charge in [0.15, 0.2) is 0 Å². The molecule has 1 aliphatic rings. The van der Waals surface area contributed by atoms with Crippen LogP contribution < -0.4 is 16.4 Å². The van der Waals surface area contributed by atoms with Gasteiger partial charge in [0.25, 0.3) is 5.91 Å². The monoisotopic (exact) mass is 375 g/mol. The van der Waals surface area contributed by atoms with Gasteiger partial charge in [-0.3, -0.25) is 9.59 Å². The van der Waals surface area contributed by atoms with Crippen molar-refractivity contribution in [2.24, 2.45) is 11.7 Å². The Balaban J connectivity index is 0.00000312. The highest BCUT2D eigenvalue weighted by Crippen LogP contribution is 2.24. The normalized spacial score (nSPS) is 19.2. The number of hydrogen-bond donors (Lipinski definition) is 3. The van der Waals surface area contributed by atoms with Crippen molar-refractivity contribution in [3.8, 4) is 0 Å². The number of carbonyl (C=O) groups is 2. The average Bonchev–Trinajstić information content (AvgIpc) is 2.98. The Hall–Kier alpha value is -1.73. The molecule has 2 atom stereocenters. The molecule has 25 heavy (non-hydrogen) atoms. The van der Waals surface area contributed by atoms with Gasteiger partial charge in [-0.15, -0.1) is 12.4 Å². The van der Waals surface area contributed by atoms with Crippen molar-refractivity contribution < 1.29 is 18.4 Å². The van der Waals surface area contributed by atoms with E-state index in [0.717, 1.165) is 31.4 Å². The zero-order chi connectivity index (χ0) is 17.5. The lowest BCUT2D eigenvalue weighted by Gasteiger charge is -2.19. The van der Waals surface area contributed by atoms with Crippen LogP contribution in [0.1, 0.15) is 42.5 Å². The standard InChI is InChI=1S/C17H23F2N3O2.ClH/c18-12-6-7-13(14(19)9-12)17(24)21-8-2-5-16(23)22-15-4-1-3-11(15)10-20;/h6-7,9,11,15H,1-5,8,10,20H2,(H,21,24)(H,22,23);1H. The van der Waals surface area contributed by atoms with Gasteiger partial charge in [-0.1, -0.05) is 6.42 Å². The van der Waals surface area contributed by atoms with Gasteiger partial charge < -0.3 is 16.4 Å². The van der Waals surface area contributed by atoms with Gasteiger partial charge in [0.05, 0.1) is 5.56 Å². The van der Waals surface area contributed by atoms with Gasteiger partial charge in [-0.25, -0.2) is 8.78 Å². The van der Waals surface area contributed by atoms with Crippen molar-refractivity contribution in [1.82, 2.24) is 10.6 Å². The van der Waals surface area contributed by atoms with E-state index in [-0.39, 0.29) is 42.9 Å². The number of halogens is 3. The molecular weight excluding hydrogens is 352 g/mol. The van der Waals surface area contributed by atoms with Gasteiger partial charge >= 0.3 is 0 Å². The number of rotatable bonds is 7. The first-order chi connectivity index (χ1) is 11.5. The van der Waals surface area contributed by atoms with E-state index in [0.29, 0.717) is 24.9 Å². The number of nitrogens with one attached hydrogen (secondary N) is 2. The van der Waals surface area contributed by atoms with Crippen LogP contribution >= 0.6 is 12.4 Å².